The molecule has 0 fully saturated rings. The van der Waals surface area contributed by atoms with E-state index in [1.165, 1.54) is 60.8 Å². The molecule has 0 aliphatic rings. The number of pyridine rings is 1. The highest BCUT2D eigenvalue weighted by molar-refractivity contribution is 7.85. The Balaban J connectivity index is 0.000000441. The normalized spacial score (nSPS) is 12.4. The minimum atomic E-state index is -4.67. The monoisotopic (exact) mass is 640 g/mol. The van der Waals surface area contributed by atoms with Crippen molar-refractivity contribution in [1.29, 1.82) is 0 Å². The number of benzene rings is 3. The van der Waals surface area contributed by atoms with Gasteiger partial charge in [-0.3, -0.25) is 14.3 Å². The highest BCUT2D eigenvalue weighted by Gasteiger charge is 2.33. The van der Waals surface area contributed by atoms with Crippen LogP contribution in [0.1, 0.15) is 25.7 Å². The fourth-order valence-electron chi connectivity index (χ4n) is 3.23. The van der Waals surface area contributed by atoms with Crippen LogP contribution < -0.4 is 20.7 Å². The molecule has 4 rings (SSSR count). The molecule has 10 nitrogen and oxygen atoms in total. The van der Waals surface area contributed by atoms with Gasteiger partial charge < -0.3 is 20.7 Å². The average Bonchev–Trinajstić information content (AvgIpc) is 2.94. The number of aromatic nitrogens is 1. The first-order valence-corrected chi connectivity index (χ1v) is 13.7. The number of carbonyl (C=O) groups excluding carboxylic acids is 2. The predicted octanol–water partition coefficient (Wildman–Crippen LogP) is 6.79. The number of hydrogen-bond donors (Lipinski definition) is 4. The Morgan fingerprint density at radius 3 is 2.16 bits per heavy atom. The van der Waals surface area contributed by atoms with Crippen LogP contribution in [0.15, 0.2) is 90.0 Å². The highest BCUT2D eigenvalue weighted by atomic mass is 35.5. The molecular formula is C28H24ClF3N4O6S. The van der Waals surface area contributed by atoms with E-state index in [-0.39, 0.29) is 22.0 Å². The number of hydrogen-bond acceptors (Lipinski definition) is 6. The van der Waals surface area contributed by atoms with Crippen molar-refractivity contribution in [1.82, 2.24) is 10.3 Å². The van der Waals surface area contributed by atoms with Gasteiger partial charge in [0.1, 0.15) is 17.2 Å². The second-order valence-corrected chi connectivity index (χ2v) is 10.3. The minimum Gasteiger partial charge on any atom is -0.457 e. The van der Waals surface area contributed by atoms with E-state index < -0.39 is 45.8 Å². The molecular weight excluding hydrogens is 614 g/mol. The maximum atomic E-state index is 13.0. The molecule has 3 amide bonds. The van der Waals surface area contributed by atoms with E-state index in [9.17, 15) is 31.2 Å². The summed E-state index contributed by atoms with van der Waals surface area (Å²) >= 11 is 5.56. The molecule has 4 aromatic rings. The highest BCUT2D eigenvalue weighted by Crippen LogP contribution is 2.36. The van der Waals surface area contributed by atoms with E-state index in [0.717, 1.165) is 17.7 Å². The van der Waals surface area contributed by atoms with Crippen LogP contribution in [0.5, 0.6) is 11.5 Å². The van der Waals surface area contributed by atoms with Crippen molar-refractivity contribution in [2.75, 3.05) is 17.6 Å². The zero-order valence-electron chi connectivity index (χ0n) is 24.9. The SMILES string of the molecule is Cc1ccc(S(=O)(=O)O)cc1.[2H]C([2H])([2H])[15NH]C(=O)c1cc(Oc2ccc(NC(=O)Nc3ccc(Cl)c(C(F)(F)F)c3)cc2)ccn1. The number of carbonyl (C=O) groups is 2. The second-order valence-electron chi connectivity index (χ2n) is 8.52. The number of anilines is 2. The Morgan fingerprint density at radius 2 is 1.56 bits per heavy atom. The van der Waals surface area contributed by atoms with Gasteiger partial charge in [0.2, 0.25) is 0 Å². The molecule has 1 aromatic heterocycles. The largest absolute Gasteiger partial charge is 0.457 e. The predicted molar refractivity (Wildman–Crippen MR) is 154 cm³/mol. The van der Waals surface area contributed by atoms with Gasteiger partial charge in [0.15, 0.2) is 0 Å². The molecule has 4 N–H and O–H groups in total. The van der Waals surface area contributed by atoms with Crippen LogP contribution in [0.2, 0.25) is 5.02 Å². The Labute approximate surface area is 253 Å². The number of rotatable bonds is 6. The number of ether oxygens (including phenoxy) is 1. The third kappa shape index (κ3) is 9.99. The summed E-state index contributed by atoms with van der Waals surface area (Å²) in [4.78, 5) is 27.8. The van der Waals surface area contributed by atoms with Gasteiger partial charge in [-0.15, -0.1) is 0 Å². The van der Waals surface area contributed by atoms with Crippen molar-refractivity contribution in [2.45, 2.75) is 18.0 Å². The molecule has 0 bridgehead atoms. The summed E-state index contributed by atoms with van der Waals surface area (Å²) in [5.41, 5.74) is -0.0713. The molecule has 43 heavy (non-hydrogen) atoms. The molecule has 0 radical (unpaired) electrons. The minimum absolute atomic E-state index is 0.0666. The van der Waals surface area contributed by atoms with Gasteiger partial charge in [-0.05, 0) is 67.6 Å². The molecule has 0 spiro atoms. The first kappa shape index (κ1) is 28.5. The summed E-state index contributed by atoms with van der Waals surface area (Å²) in [5.74, 6) is -0.377. The Morgan fingerprint density at radius 1 is 0.930 bits per heavy atom. The molecule has 0 saturated carbocycles. The number of aryl methyl sites for hydroxylation is 1. The zero-order valence-corrected chi connectivity index (χ0v) is 23.5. The van der Waals surface area contributed by atoms with E-state index in [0.29, 0.717) is 11.4 Å². The van der Waals surface area contributed by atoms with Crippen LogP contribution in [0.3, 0.4) is 0 Å². The summed E-state index contributed by atoms with van der Waals surface area (Å²) < 4.78 is 95.3. The van der Waals surface area contributed by atoms with Crippen LogP contribution in [-0.2, 0) is 16.3 Å². The quantitative estimate of drug-likeness (QED) is 0.134. The second kappa shape index (κ2) is 14.0. The fraction of sp³-hybridized carbons (Fsp3) is 0.107. The number of alkyl halides is 3. The third-order valence-corrected chi connectivity index (χ3v) is 6.47. The van der Waals surface area contributed by atoms with Gasteiger partial charge in [-0.2, -0.15) is 21.6 Å². The van der Waals surface area contributed by atoms with Crippen molar-refractivity contribution in [3.05, 3.63) is 107 Å². The molecule has 0 unspecified atom stereocenters. The summed E-state index contributed by atoms with van der Waals surface area (Å²) in [6, 6.07) is 16.8. The van der Waals surface area contributed by atoms with E-state index in [2.05, 4.69) is 15.6 Å². The van der Waals surface area contributed by atoms with Crippen molar-refractivity contribution < 1.29 is 44.6 Å². The zero-order chi connectivity index (χ0) is 34.3. The van der Waals surface area contributed by atoms with Crippen molar-refractivity contribution in [3.8, 4) is 11.5 Å². The lowest BCUT2D eigenvalue weighted by molar-refractivity contribution is -0.137. The lowest BCUT2D eigenvalue weighted by atomic mass is 10.2. The number of urea groups is 1. The molecule has 3 aromatic carbocycles. The van der Waals surface area contributed by atoms with Gasteiger partial charge in [-0.1, -0.05) is 29.3 Å². The summed E-state index contributed by atoms with van der Waals surface area (Å²) in [6.07, 6.45) is -3.40. The molecule has 15 heteroatoms. The molecule has 1 heterocycles. The maximum Gasteiger partial charge on any atom is 0.417 e. The van der Waals surface area contributed by atoms with Gasteiger partial charge in [0.05, 0.1) is 15.5 Å². The summed E-state index contributed by atoms with van der Waals surface area (Å²) in [7, 11) is -4.02. The number of amides is 3. The van der Waals surface area contributed by atoms with Crippen LogP contribution in [0.25, 0.3) is 0 Å². The smallest absolute Gasteiger partial charge is 0.417 e. The van der Waals surface area contributed by atoms with E-state index in [1.54, 1.807) is 12.1 Å². The van der Waals surface area contributed by atoms with Crippen molar-refractivity contribution in [2.24, 2.45) is 0 Å². The van der Waals surface area contributed by atoms with Gasteiger partial charge in [0, 0.05) is 34.7 Å². The lowest BCUT2D eigenvalue weighted by Gasteiger charge is -2.12. The van der Waals surface area contributed by atoms with Crippen LogP contribution in [0.4, 0.5) is 29.3 Å². The standard InChI is InChI=1S/C21H16ClF3N4O3.C7H8O3S/c1-26-19(30)18-11-15(8-9-27-18)32-14-5-2-12(3-6-14)28-20(31)29-13-4-7-17(22)16(10-13)21(23,24)25;1-6-2-4-7(5-3-6)11(8,9)10/h2-11H,1H3,(H,26,30)(H2,28,29,31);2-5H,1H3,(H,8,9,10)/i1D3,26+1;. The van der Waals surface area contributed by atoms with Crippen LogP contribution in [0, 0.1) is 6.92 Å². The lowest BCUT2D eigenvalue weighted by Crippen LogP contribution is -2.19. The first-order valence-electron chi connectivity index (χ1n) is 13.4. The Bertz CT molecular complexity index is 1810. The average molecular weight is 641 g/mol. The number of nitrogens with zero attached hydrogens (tertiary/aromatic N) is 1. The van der Waals surface area contributed by atoms with Gasteiger partial charge >= 0.3 is 12.2 Å². The fourth-order valence-corrected chi connectivity index (χ4v) is 3.93. The molecule has 0 aliphatic carbocycles. The molecule has 0 saturated heterocycles. The van der Waals surface area contributed by atoms with Crippen molar-refractivity contribution >= 4 is 45.0 Å². The van der Waals surface area contributed by atoms with E-state index in [4.69, 9.17) is 25.0 Å². The Kier molecular flexibility index (Phi) is 9.27. The van der Waals surface area contributed by atoms with Gasteiger partial charge in [-0.25, -0.2) is 4.79 Å². The Hall–Kier alpha value is -4.66. The summed E-state index contributed by atoms with van der Waals surface area (Å²) in [6.45, 7) is -0.827. The first-order chi connectivity index (χ1) is 21.3. The van der Waals surface area contributed by atoms with Crippen molar-refractivity contribution in [3.63, 3.8) is 0 Å². The molecule has 0 atom stereocenters. The topological polar surface area (TPSA) is 147 Å². The van der Waals surface area contributed by atoms with Gasteiger partial charge in [0.25, 0.3) is 16.0 Å². The van der Waals surface area contributed by atoms with E-state index in [1.807, 2.05) is 12.2 Å². The number of halogens is 4. The maximum absolute atomic E-state index is 13.0. The molecule has 0 aliphatic heterocycles. The summed E-state index contributed by atoms with van der Waals surface area (Å²) in [5, 5.41) is 6.09. The number of nitrogens with one attached hydrogen (secondary N) is 3. The third-order valence-electron chi connectivity index (χ3n) is 5.27. The van der Waals surface area contributed by atoms with Crippen LogP contribution >= 0.6 is 11.6 Å². The van der Waals surface area contributed by atoms with E-state index >= 15 is 0 Å². The van der Waals surface area contributed by atoms with Crippen LogP contribution in [-0.4, -0.2) is 36.9 Å². The molecule has 226 valence electrons.